The van der Waals surface area contributed by atoms with Crippen molar-refractivity contribution in [2.75, 3.05) is 0 Å². The number of hydrogen-bond acceptors (Lipinski definition) is 3. The number of hydrogen-bond donors (Lipinski definition) is 0. The van der Waals surface area contributed by atoms with Gasteiger partial charge in [0.05, 0.1) is 0 Å². The predicted molar refractivity (Wildman–Crippen MR) is 54.0 cm³/mol. The standard InChI is InChI=1S/C10H11NO3.Ru/c1-7(2)14-10-5-4-9(11(12)13)6-8(10)3;/h3-7H,1-2H3;. The normalized spacial score (nSPS) is 10.1. The number of nitrogens with zero attached hydrogens (tertiary/aromatic N) is 1. The van der Waals surface area contributed by atoms with Gasteiger partial charge in [0.2, 0.25) is 0 Å². The van der Waals surface area contributed by atoms with Crippen molar-refractivity contribution in [3.05, 3.63) is 33.9 Å². The summed E-state index contributed by atoms with van der Waals surface area (Å²) in [6.45, 7) is 3.82. The second-order valence-corrected chi connectivity index (χ2v) is 3.75. The molecular weight excluding hydrogens is 283 g/mol. The quantitative estimate of drug-likeness (QED) is 0.485. The summed E-state index contributed by atoms with van der Waals surface area (Å²) in [5.74, 6) is 0.661. The van der Waals surface area contributed by atoms with Crippen molar-refractivity contribution in [2.24, 2.45) is 0 Å². The van der Waals surface area contributed by atoms with Gasteiger partial charge in [0.15, 0.2) is 0 Å². The summed E-state index contributed by atoms with van der Waals surface area (Å²) in [5, 5.41) is 10.5. The van der Waals surface area contributed by atoms with E-state index in [1.54, 1.807) is 10.7 Å². The van der Waals surface area contributed by atoms with Crippen LogP contribution in [0.5, 0.6) is 5.75 Å². The molecule has 82 valence electrons. The molecule has 0 heterocycles. The Morgan fingerprint density at radius 2 is 2.20 bits per heavy atom. The molecule has 1 rings (SSSR count). The van der Waals surface area contributed by atoms with Gasteiger partial charge in [0, 0.05) is 0 Å². The summed E-state index contributed by atoms with van der Waals surface area (Å²) in [6, 6.07) is 4.56. The third-order valence-corrected chi connectivity index (χ3v) is 2.22. The Bertz CT molecular complexity index is 390. The Labute approximate surface area is 97.6 Å². The van der Waals surface area contributed by atoms with Crippen LogP contribution in [0.1, 0.15) is 19.4 Å². The Kier molecular flexibility index (Phi) is 4.09. The predicted octanol–water partition coefficient (Wildman–Crippen LogP) is 2.08. The van der Waals surface area contributed by atoms with E-state index in [2.05, 4.69) is 17.9 Å². The number of rotatable bonds is 4. The molecule has 0 N–H and O–H groups in total. The van der Waals surface area contributed by atoms with E-state index in [4.69, 9.17) is 4.74 Å². The minimum absolute atomic E-state index is 0.0526. The van der Waals surface area contributed by atoms with Crippen LogP contribution in [0.15, 0.2) is 18.2 Å². The molecule has 0 saturated heterocycles. The SMILES string of the molecule is CC(C)Oc1ccc([N+](=O)[O-])cc1[CH]=[Ru]. The molecule has 15 heavy (non-hydrogen) atoms. The molecule has 0 bridgehead atoms. The first kappa shape index (κ1) is 12.0. The zero-order chi connectivity index (χ0) is 11.4. The molecule has 0 aliphatic carbocycles. The summed E-state index contributed by atoms with van der Waals surface area (Å²) < 4.78 is 7.23. The summed E-state index contributed by atoms with van der Waals surface area (Å²) in [6.07, 6.45) is 0.0526. The number of non-ortho nitro benzene ring substituents is 1. The van der Waals surface area contributed by atoms with Crippen molar-refractivity contribution in [3.8, 4) is 5.75 Å². The third-order valence-electron chi connectivity index (χ3n) is 1.68. The van der Waals surface area contributed by atoms with E-state index >= 15 is 0 Å². The van der Waals surface area contributed by atoms with E-state index < -0.39 is 4.92 Å². The molecule has 4 nitrogen and oxygen atoms in total. The van der Waals surface area contributed by atoms with Crippen LogP contribution in [0.3, 0.4) is 0 Å². The van der Waals surface area contributed by atoms with Gasteiger partial charge in [-0.1, -0.05) is 0 Å². The van der Waals surface area contributed by atoms with Crippen LogP contribution in [0.4, 0.5) is 5.69 Å². The van der Waals surface area contributed by atoms with E-state index in [1.807, 2.05) is 13.8 Å². The molecule has 1 aromatic rings. The van der Waals surface area contributed by atoms with Crippen LogP contribution in [0, 0.1) is 10.1 Å². The fourth-order valence-electron chi connectivity index (χ4n) is 1.09. The van der Waals surface area contributed by atoms with Crippen LogP contribution < -0.4 is 4.74 Å². The van der Waals surface area contributed by atoms with Crippen molar-refractivity contribution in [3.63, 3.8) is 0 Å². The van der Waals surface area contributed by atoms with E-state index in [-0.39, 0.29) is 11.8 Å². The molecule has 0 radical (unpaired) electrons. The Morgan fingerprint density at radius 1 is 1.53 bits per heavy atom. The molecule has 0 aromatic heterocycles. The van der Waals surface area contributed by atoms with E-state index in [1.165, 1.54) is 12.1 Å². The summed E-state index contributed by atoms with van der Waals surface area (Å²) >= 11 is 2.32. The minimum atomic E-state index is -0.418. The van der Waals surface area contributed by atoms with Gasteiger partial charge in [-0.3, -0.25) is 0 Å². The fraction of sp³-hybridized carbons (Fsp3) is 0.300. The van der Waals surface area contributed by atoms with E-state index in [0.29, 0.717) is 11.3 Å². The van der Waals surface area contributed by atoms with Gasteiger partial charge >= 0.3 is 97.4 Å². The number of ether oxygens (including phenoxy) is 1. The summed E-state index contributed by atoms with van der Waals surface area (Å²) in [5.41, 5.74) is 0.788. The van der Waals surface area contributed by atoms with Crippen molar-refractivity contribution in [2.45, 2.75) is 20.0 Å². The van der Waals surface area contributed by atoms with Crippen molar-refractivity contribution in [1.29, 1.82) is 0 Å². The first-order valence-corrected chi connectivity index (χ1v) is 5.42. The van der Waals surface area contributed by atoms with E-state index in [0.717, 1.165) is 0 Å². The first-order valence-electron chi connectivity index (χ1n) is 4.41. The Balaban J connectivity index is 3.09. The average Bonchev–Trinajstić information content (AvgIpc) is 2.17. The van der Waals surface area contributed by atoms with Gasteiger partial charge in [-0.05, 0) is 0 Å². The first-order chi connectivity index (χ1) is 7.04. The average molecular weight is 294 g/mol. The second-order valence-electron chi connectivity index (χ2n) is 3.25. The topological polar surface area (TPSA) is 52.4 Å². The van der Waals surface area contributed by atoms with Crippen LogP contribution in [-0.4, -0.2) is 15.6 Å². The third kappa shape index (κ3) is 3.20. The molecule has 0 saturated carbocycles. The van der Waals surface area contributed by atoms with Gasteiger partial charge < -0.3 is 0 Å². The molecule has 0 aliphatic heterocycles. The zero-order valence-corrected chi connectivity index (χ0v) is 10.2. The van der Waals surface area contributed by atoms with Crippen molar-refractivity contribution >= 4 is 10.3 Å². The molecule has 1 aromatic carbocycles. The molecule has 0 amide bonds. The van der Waals surface area contributed by atoms with Crippen LogP contribution >= 0.6 is 0 Å². The maximum absolute atomic E-state index is 10.5. The van der Waals surface area contributed by atoms with Gasteiger partial charge in [-0.15, -0.1) is 0 Å². The molecular formula is C10H11NO3Ru. The number of nitro groups is 1. The molecule has 0 spiro atoms. The summed E-state index contributed by atoms with van der Waals surface area (Å²) in [4.78, 5) is 10.1. The van der Waals surface area contributed by atoms with Crippen LogP contribution in [-0.2, 0) is 17.9 Å². The Morgan fingerprint density at radius 3 is 2.67 bits per heavy atom. The molecule has 0 atom stereocenters. The van der Waals surface area contributed by atoms with Gasteiger partial charge in [0.25, 0.3) is 0 Å². The molecule has 0 fully saturated rings. The fourth-order valence-corrected chi connectivity index (χ4v) is 1.48. The van der Waals surface area contributed by atoms with Crippen molar-refractivity contribution < 1.29 is 27.5 Å². The number of nitro benzene ring substituents is 1. The van der Waals surface area contributed by atoms with Crippen LogP contribution in [0.2, 0.25) is 0 Å². The molecule has 0 unspecified atom stereocenters. The second kappa shape index (κ2) is 5.12. The Hall–Kier alpha value is -1.09. The molecule has 0 aliphatic rings. The number of benzene rings is 1. The van der Waals surface area contributed by atoms with Gasteiger partial charge in [-0.2, -0.15) is 0 Å². The van der Waals surface area contributed by atoms with Gasteiger partial charge in [-0.25, -0.2) is 0 Å². The molecule has 5 heteroatoms. The summed E-state index contributed by atoms with van der Waals surface area (Å²) in [7, 11) is 0. The van der Waals surface area contributed by atoms with Crippen molar-refractivity contribution in [1.82, 2.24) is 0 Å². The zero-order valence-electron chi connectivity index (χ0n) is 8.41. The van der Waals surface area contributed by atoms with E-state index in [9.17, 15) is 10.1 Å². The van der Waals surface area contributed by atoms with Gasteiger partial charge in [0.1, 0.15) is 0 Å². The maximum atomic E-state index is 10.5. The monoisotopic (exact) mass is 295 g/mol. The van der Waals surface area contributed by atoms with Crippen LogP contribution in [0.25, 0.3) is 0 Å².